The van der Waals surface area contributed by atoms with Crippen LogP contribution >= 0.6 is 0 Å². The van der Waals surface area contributed by atoms with Gasteiger partial charge >= 0.3 is 0 Å². The summed E-state index contributed by atoms with van der Waals surface area (Å²) in [6, 6.07) is 6.05. The molecule has 128 valence electrons. The first kappa shape index (κ1) is 17.9. The third-order valence-corrected chi connectivity index (χ3v) is 3.47. The number of ether oxygens (including phenoxy) is 3. The van der Waals surface area contributed by atoms with Gasteiger partial charge in [-0.3, -0.25) is 4.90 Å². The predicted molar refractivity (Wildman–Crippen MR) is 85.1 cm³/mol. The van der Waals surface area contributed by atoms with Crippen molar-refractivity contribution in [3.8, 4) is 5.75 Å². The first-order valence-electron chi connectivity index (χ1n) is 7.76. The van der Waals surface area contributed by atoms with Gasteiger partial charge in [-0.1, -0.05) is 12.1 Å². The number of benzene rings is 1. The van der Waals surface area contributed by atoms with Crippen LogP contribution in [0.3, 0.4) is 0 Å². The van der Waals surface area contributed by atoms with E-state index < -0.39 is 6.10 Å². The Hall–Kier alpha value is -1.47. The molecule has 1 aromatic rings. The average Bonchev–Trinajstić information content (AvgIpc) is 2.54. The molecule has 1 saturated heterocycles. The van der Waals surface area contributed by atoms with Crippen molar-refractivity contribution in [2.75, 3.05) is 46.1 Å². The minimum absolute atomic E-state index is 0.103. The van der Waals surface area contributed by atoms with E-state index in [4.69, 9.17) is 14.2 Å². The van der Waals surface area contributed by atoms with Crippen LogP contribution in [0.25, 0.3) is 0 Å². The number of β-amino-alcohol motifs (C(OH)–C–C–N with tert-alkyl or cyclic N) is 1. The van der Waals surface area contributed by atoms with Crippen molar-refractivity contribution in [3.05, 3.63) is 42.7 Å². The lowest BCUT2D eigenvalue weighted by Gasteiger charge is -2.33. The second-order valence-corrected chi connectivity index (χ2v) is 5.50. The van der Waals surface area contributed by atoms with Crippen LogP contribution in [-0.4, -0.2) is 68.3 Å². The van der Waals surface area contributed by atoms with Crippen LogP contribution in [0.15, 0.2) is 36.9 Å². The molecule has 1 aromatic carbocycles. The van der Waals surface area contributed by atoms with E-state index in [-0.39, 0.29) is 18.5 Å². The van der Waals surface area contributed by atoms with E-state index in [9.17, 15) is 9.50 Å². The zero-order chi connectivity index (χ0) is 16.5. The van der Waals surface area contributed by atoms with Gasteiger partial charge in [-0.2, -0.15) is 0 Å². The minimum Gasteiger partial charge on any atom is -0.491 e. The summed E-state index contributed by atoms with van der Waals surface area (Å²) in [7, 11) is 0. The van der Waals surface area contributed by atoms with E-state index in [1.54, 1.807) is 18.2 Å². The Balaban J connectivity index is 1.71. The smallest absolute Gasteiger partial charge is 0.126 e. The maximum atomic E-state index is 13.1. The Morgan fingerprint density at radius 1 is 1.52 bits per heavy atom. The highest BCUT2D eigenvalue weighted by Crippen LogP contribution is 2.14. The second-order valence-electron chi connectivity index (χ2n) is 5.50. The van der Waals surface area contributed by atoms with Crippen LogP contribution < -0.4 is 4.74 Å². The minimum atomic E-state index is -0.544. The molecule has 1 aliphatic rings. The molecule has 2 rings (SSSR count). The summed E-state index contributed by atoms with van der Waals surface area (Å²) in [6.45, 7) is 7.16. The quantitative estimate of drug-likeness (QED) is 0.550. The highest BCUT2D eigenvalue weighted by Gasteiger charge is 2.23. The maximum absolute atomic E-state index is 13.1. The number of nitrogens with zero attached hydrogens (tertiary/aromatic N) is 1. The van der Waals surface area contributed by atoms with E-state index >= 15 is 0 Å². The van der Waals surface area contributed by atoms with E-state index in [0.717, 1.165) is 6.54 Å². The van der Waals surface area contributed by atoms with E-state index in [1.165, 1.54) is 12.1 Å². The van der Waals surface area contributed by atoms with Gasteiger partial charge in [0.1, 0.15) is 24.3 Å². The zero-order valence-electron chi connectivity index (χ0n) is 13.2. The SMILES string of the molecule is C=CCOC[C@H](O)CN1CCO[C@H](COc2cccc(F)c2)C1. The van der Waals surface area contributed by atoms with Gasteiger partial charge < -0.3 is 19.3 Å². The molecule has 0 aromatic heterocycles. The summed E-state index contributed by atoms with van der Waals surface area (Å²) in [5.74, 6) is 0.167. The molecule has 0 aliphatic carbocycles. The van der Waals surface area contributed by atoms with Crippen molar-refractivity contribution in [1.29, 1.82) is 0 Å². The summed E-state index contributed by atoms with van der Waals surface area (Å²) >= 11 is 0. The largest absolute Gasteiger partial charge is 0.491 e. The molecule has 1 fully saturated rings. The molecule has 23 heavy (non-hydrogen) atoms. The summed E-state index contributed by atoms with van der Waals surface area (Å²) in [5.41, 5.74) is 0. The molecule has 5 nitrogen and oxygen atoms in total. The Morgan fingerprint density at radius 3 is 3.17 bits per heavy atom. The van der Waals surface area contributed by atoms with Crippen molar-refractivity contribution in [1.82, 2.24) is 4.90 Å². The van der Waals surface area contributed by atoms with Crippen molar-refractivity contribution in [2.45, 2.75) is 12.2 Å². The predicted octanol–water partition coefficient (Wildman–Crippen LogP) is 1.47. The molecule has 0 spiro atoms. The molecule has 0 amide bonds. The summed E-state index contributed by atoms with van der Waals surface area (Å²) < 4.78 is 29.6. The lowest BCUT2D eigenvalue weighted by Crippen LogP contribution is -2.48. The van der Waals surface area contributed by atoms with Crippen LogP contribution in [0, 0.1) is 5.82 Å². The van der Waals surface area contributed by atoms with Gasteiger partial charge in [0.15, 0.2) is 0 Å². The molecule has 1 N–H and O–H groups in total. The van der Waals surface area contributed by atoms with E-state index in [0.29, 0.717) is 38.7 Å². The van der Waals surface area contributed by atoms with Crippen molar-refractivity contribution in [3.63, 3.8) is 0 Å². The van der Waals surface area contributed by atoms with Crippen molar-refractivity contribution < 1.29 is 23.7 Å². The van der Waals surface area contributed by atoms with Crippen LogP contribution in [0.2, 0.25) is 0 Å². The maximum Gasteiger partial charge on any atom is 0.126 e. The van der Waals surface area contributed by atoms with E-state index in [1.807, 2.05) is 0 Å². The molecule has 0 radical (unpaired) electrons. The Kier molecular flexibility index (Phi) is 7.48. The Bertz CT molecular complexity index is 485. The zero-order valence-corrected chi connectivity index (χ0v) is 13.2. The third-order valence-electron chi connectivity index (χ3n) is 3.47. The lowest BCUT2D eigenvalue weighted by atomic mass is 10.2. The van der Waals surface area contributed by atoms with E-state index in [2.05, 4.69) is 11.5 Å². The number of hydrogen-bond donors (Lipinski definition) is 1. The van der Waals surface area contributed by atoms with Crippen LogP contribution in [-0.2, 0) is 9.47 Å². The van der Waals surface area contributed by atoms with Gasteiger partial charge in [-0.15, -0.1) is 6.58 Å². The number of aliphatic hydroxyl groups excluding tert-OH is 1. The normalized spacial score (nSPS) is 20.2. The van der Waals surface area contributed by atoms with Gasteiger partial charge in [-0.25, -0.2) is 4.39 Å². The fourth-order valence-electron chi connectivity index (χ4n) is 2.43. The molecule has 6 heteroatoms. The van der Waals surface area contributed by atoms with Crippen LogP contribution in [0.1, 0.15) is 0 Å². The number of rotatable bonds is 9. The number of hydrogen-bond acceptors (Lipinski definition) is 5. The van der Waals surface area contributed by atoms with Crippen LogP contribution in [0.4, 0.5) is 4.39 Å². The fourth-order valence-corrected chi connectivity index (χ4v) is 2.43. The Labute approximate surface area is 136 Å². The van der Waals surface area contributed by atoms with Gasteiger partial charge in [0.25, 0.3) is 0 Å². The van der Waals surface area contributed by atoms with Crippen LogP contribution in [0.5, 0.6) is 5.75 Å². The van der Waals surface area contributed by atoms with Gasteiger partial charge in [0.2, 0.25) is 0 Å². The first-order valence-corrected chi connectivity index (χ1v) is 7.76. The molecule has 0 bridgehead atoms. The lowest BCUT2D eigenvalue weighted by molar-refractivity contribution is -0.0636. The molecule has 2 atom stereocenters. The molecule has 1 heterocycles. The molecule has 1 aliphatic heterocycles. The molecular weight excluding hydrogens is 301 g/mol. The topological polar surface area (TPSA) is 51.2 Å². The number of aliphatic hydroxyl groups is 1. The monoisotopic (exact) mass is 325 g/mol. The van der Waals surface area contributed by atoms with Crippen molar-refractivity contribution in [2.24, 2.45) is 0 Å². The van der Waals surface area contributed by atoms with Gasteiger partial charge in [0.05, 0.1) is 25.9 Å². The number of morpholine rings is 1. The standard InChI is InChI=1S/C17H24FNO4/c1-2-7-21-12-15(20)10-19-6-8-22-17(11-19)13-23-16-5-3-4-14(18)9-16/h2-5,9,15,17,20H,1,6-8,10-13H2/t15-,17+/m1/s1. The third kappa shape index (κ3) is 6.66. The summed E-state index contributed by atoms with van der Waals surface area (Å²) in [4.78, 5) is 2.12. The highest BCUT2D eigenvalue weighted by atomic mass is 19.1. The first-order chi connectivity index (χ1) is 11.2. The summed E-state index contributed by atoms with van der Waals surface area (Å²) in [5, 5.41) is 9.94. The molecule has 0 saturated carbocycles. The highest BCUT2D eigenvalue weighted by molar-refractivity contribution is 5.22. The molecular formula is C17H24FNO4. The van der Waals surface area contributed by atoms with Gasteiger partial charge in [0, 0.05) is 25.7 Å². The Morgan fingerprint density at radius 2 is 2.39 bits per heavy atom. The fraction of sp³-hybridized carbons (Fsp3) is 0.529. The molecule has 0 unspecified atom stereocenters. The summed E-state index contributed by atoms with van der Waals surface area (Å²) in [6.07, 6.45) is 1.01. The number of halogens is 1. The van der Waals surface area contributed by atoms with Gasteiger partial charge in [-0.05, 0) is 12.1 Å². The van der Waals surface area contributed by atoms with Crippen molar-refractivity contribution >= 4 is 0 Å². The second kappa shape index (κ2) is 9.62. The average molecular weight is 325 g/mol.